The number of amides is 2. The van der Waals surface area contributed by atoms with Crippen LogP contribution in [0.25, 0.3) is 10.8 Å². The highest BCUT2D eigenvalue weighted by Gasteiger charge is 2.33. The number of imide groups is 1. The third-order valence-corrected chi connectivity index (χ3v) is 6.52. The number of hydrogen-bond donors (Lipinski definition) is 2. The van der Waals surface area contributed by atoms with Crippen molar-refractivity contribution < 1.29 is 32.6 Å². The molecular formula is C23H30N2O7S. The number of benzene rings is 2. The highest BCUT2D eigenvalue weighted by molar-refractivity contribution is 7.89. The first-order valence-electron chi connectivity index (χ1n) is 10.8. The van der Waals surface area contributed by atoms with Crippen LogP contribution < -0.4 is 4.72 Å². The van der Waals surface area contributed by atoms with Gasteiger partial charge in [-0.3, -0.25) is 19.3 Å². The number of carboxylic acid groups (broad SMARTS) is 1. The summed E-state index contributed by atoms with van der Waals surface area (Å²) in [5.41, 5.74) is 0. The lowest BCUT2D eigenvalue weighted by Crippen LogP contribution is -2.51. The smallest absolute Gasteiger partial charge is 0.305 e. The molecule has 2 rings (SSSR count). The first-order valence-corrected chi connectivity index (χ1v) is 12.2. The van der Waals surface area contributed by atoms with Crippen molar-refractivity contribution in [1.29, 1.82) is 0 Å². The minimum absolute atomic E-state index is 0.00302. The number of sulfonamides is 1. The average molecular weight is 479 g/mol. The molecule has 2 aromatic carbocycles. The quantitative estimate of drug-likeness (QED) is 0.423. The van der Waals surface area contributed by atoms with Crippen LogP contribution in [0, 0.1) is 0 Å². The number of methoxy groups -OCH3 is 1. The van der Waals surface area contributed by atoms with Gasteiger partial charge in [0.15, 0.2) is 0 Å². The Kier molecular flexibility index (Phi) is 9.95. The van der Waals surface area contributed by atoms with Crippen molar-refractivity contribution in [2.45, 2.75) is 50.0 Å². The van der Waals surface area contributed by atoms with Gasteiger partial charge in [-0.15, -0.1) is 0 Å². The molecule has 0 saturated carbocycles. The number of rotatable bonds is 13. The van der Waals surface area contributed by atoms with E-state index < -0.39 is 40.3 Å². The van der Waals surface area contributed by atoms with E-state index in [2.05, 4.69) is 4.72 Å². The number of carboxylic acids is 1. The molecule has 180 valence electrons. The Bertz CT molecular complexity index is 1090. The molecule has 10 heteroatoms. The van der Waals surface area contributed by atoms with Gasteiger partial charge in [-0.05, 0) is 35.7 Å². The molecule has 33 heavy (non-hydrogen) atoms. The summed E-state index contributed by atoms with van der Waals surface area (Å²) in [7, 11) is -2.76. The Morgan fingerprint density at radius 2 is 1.79 bits per heavy atom. The predicted octanol–water partition coefficient (Wildman–Crippen LogP) is 2.54. The number of aliphatic carboxylic acids is 1. The molecule has 0 aliphatic rings. The molecule has 0 saturated heterocycles. The van der Waals surface area contributed by atoms with E-state index in [-0.39, 0.29) is 24.5 Å². The van der Waals surface area contributed by atoms with Crippen LogP contribution in [-0.2, 0) is 29.1 Å². The maximum absolute atomic E-state index is 13.2. The molecule has 0 heterocycles. The molecule has 9 nitrogen and oxygen atoms in total. The summed E-state index contributed by atoms with van der Waals surface area (Å²) >= 11 is 0. The number of carbonyl (C=O) groups excluding carboxylic acids is 2. The van der Waals surface area contributed by atoms with Crippen LogP contribution >= 0.6 is 0 Å². The minimum atomic E-state index is -4.24. The van der Waals surface area contributed by atoms with Crippen LogP contribution in [-0.4, -0.2) is 62.5 Å². The molecule has 0 radical (unpaired) electrons. The Morgan fingerprint density at radius 1 is 1.09 bits per heavy atom. The van der Waals surface area contributed by atoms with Crippen LogP contribution in [0.3, 0.4) is 0 Å². The van der Waals surface area contributed by atoms with E-state index in [1.807, 2.05) is 19.1 Å². The van der Waals surface area contributed by atoms with Crippen LogP contribution in [0.15, 0.2) is 47.4 Å². The summed E-state index contributed by atoms with van der Waals surface area (Å²) in [4.78, 5) is 38.1. The van der Waals surface area contributed by atoms with Gasteiger partial charge in [0.25, 0.3) is 0 Å². The van der Waals surface area contributed by atoms with Gasteiger partial charge in [0, 0.05) is 26.7 Å². The van der Waals surface area contributed by atoms with Crippen molar-refractivity contribution >= 4 is 38.6 Å². The zero-order chi connectivity index (χ0) is 24.4. The summed E-state index contributed by atoms with van der Waals surface area (Å²) in [6, 6.07) is 10.00. The zero-order valence-corrected chi connectivity index (χ0v) is 19.6. The van der Waals surface area contributed by atoms with Gasteiger partial charge in [-0.1, -0.05) is 43.7 Å². The molecule has 0 aliphatic heterocycles. The first kappa shape index (κ1) is 26.4. The SMILES string of the molecule is CCCCC(=O)N(CCCOC)C(=O)[C@H](CC(=O)O)NS(=O)(=O)c1ccc2ccccc2c1. The van der Waals surface area contributed by atoms with E-state index in [1.54, 1.807) is 18.2 Å². The molecular weight excluding hydrogens is 448 g/mol. The van der Waals surface area contributed by atoms with Gasteiger partial charge in [0.1, 0.15) is 6.04 Å². The summed E-state index contributed by atoms with van der Waals surface area (Å²) in [5.74, 6) is -2.73. The fraction of sp³-hybridized carbons (Fsp3) is 0.435. The van der Waals surface area contributed by atoms with Gasteiger partial charge in [0.2, 0.25) is 21.8 Å². The van der Waals surface area contributed by atoms with E-state index in [1.165, 1.54) is 19.2 Å². The molecule has 2 amide bonds. The van der Waals surface area contributed by atoms with E-state index in [9.17, 15) is 27.9 Å². The normalized spacial score (nSPS) is 12.4. The van der Waals surface area contributed by atoms with E-state index in [0.29, 0.717) is 18.2 Å². The topological polar surface area (TPSA) is 130 Å². The van der Waals surface area contributed by atoms with Crippen molar-refractivity contribution in [3.05, 3.63) is 42.5 Å². The number of carbonyl (C=O) groups is 3. The summed E-state index contributed by atoms with van der Waals surface area (Å²) in [6.07, 6.45) is 0.940. The summed E-state index contributed by atoms with van der Waals surface area (Å²) in [6.45, 7) is 2.19. The largest absolute Gasteiger partial charge is 0.481 e. The second kappa shape index (κ2) is 12.4. The Hall–Kier alpha value is -2.82. The first-order chi connectivity index (χ1) is 15.7. The van der Waals surface area contributed by atoms with E-state index in [0.717, 1.165) is 16.7 Å². The zero-order valence-electron chi connectivity index (χ0n) is 18.8. The predicted molar refractivity (Wildman–Crippen MR) is 123 cm³/mol. The van der Waals surface area contributed by atoms with Crippen molar-refractivity contribution in [3.63, 3.8) is 0 Å². The molecule has 0 unspecified atom stereocenters. The van der Waals surface area contributed by atoms with Crippen molar-refractivity contribution in [1.82, 2.24) is 9.62 Å². The number of nitrogens with zero attached hydrogens (tertiary/aromatic N) is 1. The second-order valence-electron chi connectivity index (χ2n) is 7.61. The third-order valence-electron chi connectivity index (χ3n) is 5.05. The van der Waals surface area contributed by atoms with Gasteiger partial charge < -0.3 is 9.84 Å². The monoisotopic (exact) mass is 478 g/mol. The third kappa shape index (κ3) is 7.62. The lowest BCUT2D eigenvalue weighted by Gasteiger charge is -2.26. The molecule has 0 aromatic heterocycles. The van der Waals surface area contributed by atoms with E-state index in [4.69, 9.17) is 4.74 Å². The molecule has 0 fully saturated rings. The number of fused-ring (bicyclic) bond motifs is 1. The van der Waals surface area contributed by atoms with Gasteiger partial charge in [-0.25, -0.2) is 8.42 Å². The maximum atomic E-state index is 13.2. The number of unbranched alkanes of at least 4 members (excludes halogenated alkanes) is 1. The number of nitrogens with one attached hydrogen (secondary N) is 1. The lowest BCUT2D eigenvalue weighted by molar-refractivity contribution is -0.149. The highest BCUT2D eigenvalue weighted by atomic mass is 32.2. The molecule has 1 atom stereocenters. The highest BCUT2D eigenvalue weighted by Crippen LogP contribution is 2.20. The standard InChI is InChI=1S/C23H30N2O7S/c1-3-4-10-21(26)25(13-7-14-32-2)23(29)20(16-22(27)28)24-33(30,31)19-12-11-17-8-5-6-9-18(17)15-19/h5-6,8-9,11-12,15,20,24H,3-4,7,10,13-14,16H2,1-2H3,(H,27,28)/t20-/m0/s1. The molecule has 0 bridgehead atoms. The van der Waals surface area contributed by atoms with Crippen molar-refractivity contribution in [3.8, 4) is 0 Å². The Morgan fingerprint density at radius 3 is 2.42 bits per heavy atom. The lowest BCUT2D eigenvalue weighted by atomic mass is 10.1. The summed E-state index contributed by atoms with van der Waals surface area (Å²) < 4.78 is 33.2. The molecule has 0 spiro atoms. The van der Waals surface area contributed by atoms with E-state index >= 15 is 0 Å². The Labute approximate surface area is 193 Å². The second-order valence-corrected chi connectivity index (χ2v) is 9.33. The van der Waals surface area contributed by atoms with Crippen molar-refractivity contribution in [2.75, 3.05) is 20.3 Å². The van der Waals surface area contributed by atoms with Crippen LogP contribution in [0.2, 0.25) is 0 Å². The maximum Gasteiger partial charge on any atom is 0.305 e. The van der Waals surface area contributed by atoms with Crippen LogP contribution in [0.1, 0.15) is 39.0 Å². The molecule has 0 aliphatic carbocycles. The molecule has 2 N–H and O–H groups in total. The van der Waals surface area contributed by atoms with Crippen molar-refractivity contribution in [2.24, 2.45) is 0 Å². The fourth-order valence-corrected chi connectivity index (χ4v) is 4.54. The average Bonchev–Trinajstić information content (AvgIpc) is 2.78. The van der Waals surface area contributed by atoms with Gasteiger partial charge >= 0.3 is 5.97 Å². The fourth-order valence-electron chi connectivity index (χ4n) is 3.32. The van der Waals surface area contributed by atoms with Crippen LogP contribution in [0.5, 0.6) is 0 Å². The molecule has 2 aromatic rings. The van der Waals surface area contributed by atoms with Gasteiger partial charge in [-0.2, -0.15) is 4.72 Å². The minimum Gasteiger partial charge on any atom is -0.481 e. The number of ether oxygens (including phenoxy) is 1. The van der Waals surface area contributed by atoms with Gasteiger partial charge in [0.05, 0.1) is 11.3 Å². The van der Waals surface area contributed by atoms with Crippen LogP contribution in [0.4, 0.5) is 0 Å². The Balaban J connectivity index is 2.32. The number of hydrogen-bond acceptors (Lipinski definition) is 6. The summed E-state index contributed by atoms with van der Waals surface area (Å²) in [5, 5.41) is 10.8.